The molecule has 25 heavy (non-hydrogen) atoms. The lowest BCUT2D eigenvalue weighted by molar-refractivity contribution is 0.655. The first kappa shape index (κ1) is 19.2. The largest absolute Gasteiger partial charge is 0.102 e. The predicted molar refractivity (Wildman–Crippen MR) is 112 cm³/mol. The van der Waals surface area contributed by atoms with Crippen molar-refractivity contribution in [1.29, 1.82) is 0 Å². The number of aryl methyl sites for hydroxylation is 1. The van der Waals surface area contributed by atoms with E-state index in [9.17, 15) is 0 Å². The molecule has 0 saturated heterocycles. The number of allylic oxidation sites excluding steroid dienone is 9. The van der Waals surface area contributed by atoms with E-state index in [1.165, 1.54) is 28.7 Å². The van der Waals surface area contributed by atoms with Gasteiger partial charge in [-0.25, -0.2) is 0 Å². The van der Waals surface area contributed by atoms with Gasteiger partial charge in [-0.3, -0.25) is 0 Å². The standard InChI is InChI=1S/C25H32/c1-5-7-13-21-14-8-9-15-22(20-21)16-12-18-23-17-10-11-19-24(23)25(3,4)6-2/h6-7,9-11,13-15,17,19-20H,2,5,8,12,16,18H2,1,3-4H3/b13-7+. The molecule has 0 radical (unpaired) electrons. The van der Waals surface area contributed by atoms with Crippen molar-refractivity contribution in [3.8, 4) is 0 Å². The van der Waals surface area contributed by atoms with E-state index in [-0.39, 0.29) is 5.41 Å². The molecular formula is C25H32. The van der Waals surface area contributed by atoms with Crippen LogP contribution >= 0.6 is 0 Å². The van der Waals surface area contributed by atoms with E-state index in [0.717, 1.165) is 25.7 Å². The Morgan fingerprint density at radius 1 is 1.16 bits per heavy atom. The van der Waals surface area contributed by atoms with E-state index >= 15 is 0 Å². The van der Waals surface area contributed by atoms with Crippen molar-refractivity contribution in [3.63, 3.8) is 0 Å². The van der Waals surface area contributed by atoms with Crippen molar-refractivity contribution in [2.45, 2.75) is 58.3 Å². The van der Waals surface area contributed by atoms with Crippen molar-refractivity contribution in [1.82, 2.24) is 0 Å². The third-order valence-electron chi connectivity index (χ3n) is 4.85. The van der Waals surface area contributed by atoms with Gasteiger partial charge >= 0.3 is 0 Å². The highest BCUT2D eigenvalue weighted by atomic mass is 14.2. The monoisotopic (exact) mass is 332 g/mol. The predicted octanol–water partition coefficient (Wildman–Crippen LogP) is 7.25. The zero-order chi connectivity index (χ0) is 18.1. The molecule has 0 N–H and O–H groups in total. The summed E-state index contributed by atoms with van der Waals surface area (Å²) in [5, 5.41) is 0. The van der Waals surface area contributed by atoms with Crippen LogP contribution in [0, 0.1) is 0 Å². The van der Waals surface area contributed by atoms with Gasteiger partial charge in [0.25, 0.3) is 0 Å². The first-order valence-electron chi connectivity index (χ1n) is 9.52. The minimum absolute atomic E-state index is 0.0267. The van der Waals surface area contributed by atoms with Crippen molar-refractivity contribution in [2.24, 2.45) is 0 Å². The fraction of sp³-hybridized carbons (Fsp3) is 0.360. The molecule has 1 aliphatic rings. The third-order valence-corrected chi connectivity index (χ3v) is 4.85. The van der Waals surface area contributed by atoms with E-state index in [1.807, 2.05) is 0 Å². The summed E-state index contributed by atoms with van der Waals surface area (Å²) in [7, 11) is 0. The van der Waals surface area contributed by atoms with Crippen LogP contribution < -0.4 is 0 Å². The second-order valence-electron chi connectivity index (χ2n) is 7.31. The van der Waals surface area contributed by atoms with Crippen LogP contribution in [0.15, 0.2) is 84.5 Å². The first-order valence-corrected chi connectivity index (χ1v) is 9.52. The fourth-order valence-corrected chi connectivity index (χ4v) is 3.23. The Labute approximate surface area is 154 Å². The Balaban J connectivity index is 2.04. The zero-order valence-electron chi connectivity index (χ0n) is 16.1. The summed E-state index contributed by atoms with van der Waals surface area (Å²) in [5.74, 6) is 0. The molecule has 0 aromatic heterocycles. The lowest BCUT2D eigenvalue weighted by atomic mass is 9.81. The van der Waals surface area contributed by atoms with Crippen LogP contribution in [-0.4, -0.2) is 0 Å². The molecule has 1 aromatic carbocycles. The Hall–Kier alpha value is -2.08. The molecule has 0 saturated carbocycles. The maximum atomic E-state index is 4.02. The highest BCUT2D eigenvalue weighted by Gasteiger charge is 2.19. The number of rotatable bonds is 8. The van der Waals surface area contributed by atoms with Crippen LogP contribution in [0.3, 0.4) is 0 Å². The summed E-state index contributed by atoms with van der Waals surface area (Å²) in [6.45, 7) is 10.7. The molecule has 1 aliphatic carbocycles. The van der Waals surface area contributed by atoms with Crippen LogP contribution in [0.25, 0.3) is 0 Å². The number of benzene rings is 1. The first-order chi connectivity index (χ1) is 12.1. The van der Waals surface area contributed by atoms with E-state index in [2.05, 4.69) is 94.1 Å². The number of hydrogen-bond donors (Lipinski definition) is 0. The SMILES string of the molecule is C=CC(C)(C)c1ccccc1CCCC1=CC(/C=C/CC)=CCC=C1. The van der Waals surface area contributed by atoms with Gasteiger partial charge in [0.15, 0.2) is 0 Å². The van der Waals surface area contributed by atoms with Gasteiger partial charge in [0.2, 0.25) is 0 Å². The molecule has 0 heteroatoms. The third kappa shape index (κ3) is 5.74. The average molecular weight is 333 g/mol. The second-order valence-corrected chi connectivity index (χ2v) is 7.31. The highest BCUT2D eigenvalue weighted by molar-refractivity contribution is 5.40. The topological polar surface area (TPSA) is 0 Å². The molecule has 0 bridgehead atoms. The minimum atomic E-state index is 0.0267. The smallest absolute Gasteiger partial charge is 0.00754 e. The van der Waals surface area contributed by atoms with E-state index in [0.29, 0.717) is 0 Å². The van der Waals surface area contributed by atoms with Crippen LogP contribution in [0.1, 0.15) is 57.6 Å². The molecular weight excluding hydrogens is 300 g/mol. The van der Waals surface area contributed by atoms with Gasteiger partial charge in [-0.15, -0.1) is 6.58 Å². The Bertz CT molecular complexity index is 693. The molecule has 0 amide bonds. The second kappa shape index (κ2) is 9.42. The number of hydrogen-bond acceptors (Lipinski definition) is 0. The van der Waals surface area contributed by atoms with Gasteiger partial charge in [0.05, 0.1) is 0 Å². The van der Waals surface area contributed by atoms with Gasteiger partial charge in [-0.1, -0.05) is 87.6 Å². The molecule has 0 atom stereocenters. The molecule has 0 spiro atoms. The lowest BCUT2D eigenvalue weighted by Gasteiger charge is -2.24. The molecule has 0 aliphatic heterocycles. The summed E-state index contributed by atoms with van der Waals surface area (Å²) in [4.78, 5) is 0. The molecule has 0 fully saturated rings. The summed E-state index contributed by atoms with van der Waals surface area (Å²) >= 11 is 0. The maximum absolute atomic E-state index is 4.02. The van der Waals surface area contributed by atoms with Crippen LogP contribution in [0.5, 0.6) is 0 Å². The van der Waals surface area contributed by atoms with Crippen LogP contribution in [0.2, 0.25) is 0 Å². The molecule has 132 valence electrons. The average Bonchev–Trinajstić information content (AvgIpc) is 2.85. The fourth-order valence-electron chi connectivity index (χ4n) is 3.23. The van der Waals surface area contributed by atoms with Gasteiger partial charge < -0.3 is 0 Å². The van der Waals surface area contributed by atoms with Crippen LogP contribution in [0.4, 0.5) is 0 Å². The molecule has 2 rings (SSSR count). The summed E-state index contributed by atoms with van der Waals surface area (Å²) in [6, 6.07) is 8.81. The van der Waals surface area contributed by atoms with E-state index in [4.69, 9.17) is 0 Å². The van der Waals surface area contributed by atoms with E-state index in [1.54, 1.807) is 0 Å². The maximum Gasteiger partial charge on any atom is 0.00754 e. The van der Waals surface area contributed by atoms with Crippen molar-refractivity contribution in [2.75, 3.05) is 0 Å². The summed E-state index contributed by atoms with van der Waals surface area (Å²) in [6.07, 6.45) is 21.3. The molecule has 1 aromatic rings. The quantitative estimate of drug-likeness (QED) is 0.440. The van der Waals surface area contributed by atoms with E-state index < -0.39 is 0 Å². The Morgan fingerprint density at radius 2 is 1.96 bits per heavy atom. The van der Waals surface area contributed by atoms with Gasteiger partial charge in [-0.2, -0.15) is 0 Å². The van der Waals surface area contributed by atoms with Crippen molar-refractivity contribution in [3.05, 3.63) is 95.6 Å². The van der Waals surface area contributed by atoms with Crippen LogP contribution in [-0.2, 0) is 11.8 Å². The molecule has 0 unspecified atom stereocenters. The van der Waals surface area contributed by atoms with Gasteiger partial charge in [0, 0.05) is 5.41 Å². The minimum Gasteiger partial charge on any atom is -0.102 e. The Morgan fingerprint density at radius 3 is 2.72 bits per heavy atom. The summed E-state index contributed by atoms with van der Waals surface area (Å²) in [5.41, 5.74) is 5.66. The van der Waals surface area contributed by atoms with Gasteiger partial charge in [0.1, 0.15) is 0 Å². The van der Waals surface area contributed by atoms with Crippen molar-refractivity contribution < 1.29 is 0 Å². The molecule has 0 nitrogen and oxygen atoms in total. The molecule has 0 heterocycles. The van der Waals surface area contributed by atoms with Gasteiger partial charge in [-0.05, 0) is 54.4 Å². The lowest BCUT2D eigenvalue weighted by Crippen LogP contribution is -2.15. The summed E-state index contributed by atoms with van der Waals surface area (Å²) < 4.78 is 0. The highest BCUT2D eigenvalue weighted by Crippen LogP contribution is 2.29. The zero-order valence-corrected chi connectivity index (χ0v) is 16.1. The normalized spacial score (nSPS) is 15.0. The van der Waals surface area contributed by atoms with Crippen molar-refractivity contribution >= 4 is 0 Å². The Kier molecular flexibility index (Phi) is 7.25.